The molecule has 196 valence electrons. The number of hydrogen-bond acceptors (Lipinski definition) is 6. The molecule has 1 aliphatic rings. The minimum atomic E-state index is -1.04. The van der Waals surface area contributed by atoms with Gasteiger partial charge in [0, 0.05) is 23.1 Å². The third kappa shape index (κ3) is 6.39. The van der Waals surface area contributed by atoms with Crippen molar-refractivity contribution >= 4 is 46.2 Å². The lowest BCUT2D eigenvalue weighted by molar-refractivity contribution is -0.129. The summed E-state index contributed by atoms with van der Waals surface area (Å²) < 4.78 is 5.12. The maximum absolute atomic E-state index is 12.0. The van der Waals surface area contributed by atoms with Gasteiger partial charge >= 0.3 is 5.97 Å². The molecule has 0 aliphatic carbocycles. The zero-order valence-corrected chi connectivity index (χ0v) is 22.9. The van der Waals surface area contributed by atoms with E-state index in [9.17, 15) is 9.59 Å². The van der Waals surface area contributed by atoms with Gasteiger partial charge in [0.1, 0.15) is 5.88 Å². The minimum Gasteiger partial charge on any atom is -0.477 e. The number of carbonyl (C=O) groups excluding carboxylic acids is 1. The molecule has 9 heteroatoms. The number of thiophene rings is 1. The number of rotatable bonds is 8. The Morgan fingerprint density at radius 1 is 1.14 bits per heavy atom. The first-order chi connectivity index (χ1) is 17.7. The van der Waals surface area contributed by atoms with E-state index < -0.39 is 11.6 Å². The van der Waals surface area contributed by atoms with Gasteiger partial charge in [-0.1, -0.05) is 65.8 Å². The van der Waals surface area contributed by atoms with Crippen molar-refractivity contribution in [1.29, 1.82) is 0 Å². The van der Waals surface area contributed by atoms with Crippen LogP contribution in [-0.2, 0) is 24.8 Å². The number of oxime groups is 1. The lowest BCUT2D eigenvalue weighted by atomic mass is 9.82. The SMILES string of the molecule is COC[C@H](C)N(C(=O)CCl)c1c(C)csc1C.O=C(O)C1=NOC(c2ccccc2)(c2ccccc2)C1. The Kier molecular flexibility index (Phi) is 9.86. The predicted molar refractivity (Wildman–Crippen MR) is 148 cm³/mol. The average Bonchev–Trinajstić information content (AvgIpc) is 3.51. The average molecular weight is 543 g/mol. The first-order valence-electron chi connectivity index (χ1n) is 11.8. The molecule has 37 heavy (non-hydrogen) atoms. The highest BCUT2D eigenvalue weighted by Crippen LogP contribution is 2.41. The van der Waals surface area contributed by atoms with Crippen molar-refractivity contribution in [2.24, 2.45) is 5.16 Å². The maximum atomic E-state index is 12.0. The summed E-state index contributed by atoms with van der Waals surface area (Å²) in [4.78, 5) is 31.6. The molecule has 4 rings (SSSR count). The Bertz CT molecular complexity index is 1170. The van der Waals surface area contributed by atoms with Crippen molar-refractivity contribution in [1.82, 2.24) is 0 Å². The molecule has 0 saturated carbocycles. The maximum Gasteiger partial charge on any atom is 0.353 e. The Labute approximate surface area is 226 Å². The van der Waals surface area contributed by atoms with Crippen molar-refractivity contribution < 1.29 is 24.3 Å². The number of methoxy groups -OCH3 is 1. The fourth-order valence-electron chi connectivity index (χ4n) is 4.34. The number of aliphatic carboxylic acids is 1. The Morgan fingerprint density at radius 2 is 1.70 bits per heavy atom. The number of anilines is 1. The molecule has 1 aromatic heterocycles. The lowest BCUT2D eigenvalue weighted by Gasteiger charge is -2.29. The van der Waals surface area contributed by atoms with Gasteiger partial charge in [-0.2, -0.15) is 0 Å². The second-order valence-corrected chi connectivity index (χ2v) is 10.0. The van der Waals surface area contributed by atoms with E-state index in [1.54, 1.807) is 23.3 Å². The van der Waals surface area contributed by atoms with Gasteiger partial charge < -0.3 is 19.6 Å². The summed E-state index contributed by atoms with van der Waals surface area (Å²) in [5, 5.41) is 14.9. The van der Waals surface area contributed by atoms with Crippen LogP contribution in [0, 0.1) is 13.8 Å². The van der Waals surface area contributed by atoms with E-state index in [1.807, 2.05) is 81.4 Å². The van der Waals surface area contributed by atoms with E-state index in [0.717, 1.165) is 27.3 Å². The van der Waals surface area contributed by atoms with Crippen LogP contribution in [-0.4, -0.2) is 48.3 Å². The number of carboxylic acid groups (broad SMARTS) is 1. The van der Waals surface area contributed by atoms with Crippen LogP contribution in [0.5, 0.6) is 0 Å². The van der Waals surface area contributed by atoms with Gasteiger partial charge in [-0.05, 0) is 31.7 Å². The van der Waals surface area contributed by atoms with Crippen LogP contribution in [0.4, 0.5) is 5.69 Å². The Balaban J connectivity index is 0.000000209. The number of amides is 1. The Hall–Kier alpha value is -3.20. The first kappa shape index (κ1) is 28.4. The van der Waals surface area contributed by atoms with Crippen LogP contribution in [0.15, 0.2) is 71.2 Å². The molecule has 0 saturated heterocycles. The third-order valence-electron chi connectivity index (χ3n) is 6.05. The van der Waals surface area contributed by atoms with Crippen LogP contribution in [0.1, 0.15) is 34.9 Å². The number of halogens is 1. The van der Waals surface area contributed by atoms with E-state index in [4.69, 9.17) is 26.3 Å². The van der Waals surface area contributed by atoms with Gasteiger partial charge in [0.2, 0.25) is 5.91 Å². The number of hydrogen-bond donors (Lipinski definition) is 1. The molecular formula is C28H31ClN2O5S. The molecule has 1 atom stereocenters. The molecule has 3 aromatic rings. The molecule has 0 spiro atoms. The number of benzene rings is 2. The van der Waals surface area contributed by atoms with Crippen LogP contribution in [0.25, 0.3) is 0 Å². The largest absolute Gasteiger partial charge is 0.477 e. The summed E-state index contributed by atoms with van der Waals surface area (Å²) in [6.07, 6.45) is 0.219. The quantitative estimate of drug-likeness (QED) is 0.365. The summed E-state index contributed by atoms with van der Waals surface area (Å²) >= 11 is 7.33. The third-order valence-corrected chi connectivity index (χ3v) is 7.29. The molecule has 1 aliphatic heterocycles. The van der Waals surface area contributed by atoms with Gasteiger partial charge in [-0.3, -0.25) is 4.79 Å². The normalized spacial score (nSPS) is 14.6. The summed E-state index contributed by atoms with van der Waals surface area (Å²) in [6.45, 7) is 6.48. The molecule has 0 unspecified atom stereocenters. The number of alkyl halides is 1. The first-order valence-corrected chi connectivity index (χ1v) is 13.2. The van der Waals surface area contributed by atoms with Crippen molar-refractivity contribution in [2.45, 2.75) is 38.8 Å². The zero-order valence-electron chi connectivity index (χ0n) is 21.3. The number of nitrogens with zero attached hydrogens (tertiary/aromatic N) is 2. The van der Waals surface area contributed by atoms with Gasteiger partial charge in [0.15, 0.2) is 11.3 Å². The topological polar surface area (TPSA) is 88.4 Å². The summed E-state index contributed by atoms with van der Waals surface area (Å²) in [6, 6.07) is 19.1. The van der Waals surface area contributed by atoms with Gasteiger partial charge in [-0.25, -0.2) is 4.79 Å². The molecule has 2 heterocycles. The van der Waals surface area contributed by atoms with E-state index in [0.29, 0.717) is 6.61 Å². The highest BCUT2D eigenvalue weighted by molar-refractivity contribution is 7.10. The molecule has 1 amide bonds. The summed E-state index contributed by atoms with van der Waals surface area (Å²) in [5.41, 5.74) is 3.06. The predicted octanol–water partition coefficient (Wildman–Crippen LogP) is 5.76. The minimum absolute atomic E-state index is 0.0111. The summed E-state index contributed by atoms with van der Waals surface area (Å²) in [5.74, 6) is -1.14. The second kappa shape index (κ2) is 12.9. The highest BCUT2D eigenvalue weighted by atomic mass is 35.5. The van der Waals surface area contributed by atoms with E-state index >= 15 is 0 Å². The van der Waals surface area contributed by atoms with Crippen LogP contribution in [0.3, 0.4) is 0 Å². The van der Waals surface area contributed by atoms with Gasteiger partial charge in [-0.15, -0.1) is 22.9 Å². The fourth-order valence-corrected chi connectivity index (χ4v) is 5.30. The van der Waals surface area contributed by atoms with E-state index in [1.165, 1.54) is 0 Å². The highest BCUT2D eigenvalue weighted by Gasteiger charge is 2.44. The molecule has 7 nitrogen and oxygen atoms in total. The van der Waals surface area contributed by atoms with Crippen molar-refractivity contribution in [3.05, 3.63) is 87.6 Å². The molecule has 2 aromatic carbocycles. The fraction of sp³-hybridized carbons (Fsp3) is 0.321. The lowest BCUT2D eigenvalue weighted by Crippen LogP contribution is -2.42. The monoisotopic (exact) mass is 542 g/mol. The molecule has 1 N–H and O–H groups in total. The van der Waals surface area contributed by atoms with Crippen molar-refractivity contribution in [3.63, 3.8) is 0 Å². The van der Waals surface area contributed by atoms with E-state index in [2.05, 4.69) is 10.5 Å². The van der Waals surface area contributed by atoms with Crippen molar-refractivity contribution in [3.8, 4) is 0 Å². The van der Waals surface area contributed by atoms with Crippen LogP contribution in [0.2, 0.25) is 0 Å². The zero-order chi connectivity index (χ0) is 27.0. The summed E-state index contributed by atoms with van der Waals surface area (Å²) in [7, 11) is 1.63. The second-order valence-electron chi connectivity index (χ2n) is 8.70. The Morgan fingerprint density at radius 3 is 2.11 bits per heavy atom. The van der Waals surface area contributed by atoms with E-state index in [-0.39, 0.29) is 30.0 Å². The molecule has 0 radical (unpaired) electrons. The molecule has 0 bridgehead atoms. The number of aryl methyl sites for hydroxylation is 2. The van der Waals surface area contributed by atoms with Crippen LogP contribution < -0.4 is 4.90 Å². The standard InChI is InChI=1S/C16H13NO3.C12H18ClNO2S/c18-15(19)14-11-16(20-17-14,12-7-3-1-4-8-12)13-9-5-2-6-10-13;1-8-7-17-10(3)12(8)14(11(15)5-13)9(2)6-16-4/h1-10H,11H2,(H,18,19);7,9H,5-6H2,1-4H3/t;9-/m.0/s1. The van der Waals surface area contributed by atoms with Crippen LogP contribution >= 0.6 is 22.9 Å². The van der Waals surface area contributed by atoms with Gasteiger partial charge in [0.25, 0.3) is 0 Å². The molecular weight excluding hydrogens is 512 g/mol. The van der Waals surface area contributed by atoms with Gasteiger partial charge in [0.05, 0.1) is 24.8 Å². The molecule has 0 fully saturated rings. The number of carbonyl (C=O) groups is 2. The number of ether oxygens (including phenoxy) is 1. The number of carboxylic acids is 1. The van der Waals surface area contributed by atoms with Crippen molar-refractivity contribution in [2.75, 3.05) is 24.5 Å². The smallest absolute Gasteiger partial charge is 0.353 e.